The Bertz CT molecular complexity index is 554. The fourth-order valence-corrected chi connectivity index (χ4v) is 3.26. The fraction of sp³-hybridized carbons (Fsp3) is 0.429. The second-order valence-corrected chi connectivity index (χ2v) is 6.31. The molecule has 2 heteroatoms. The van der Waals surface area contributed by atoms with E-state index in [0.29, 0.717) is 0 Å². The van der Waals surface area contributed by atoms with Crippen molar-refractivity contribution in [3.63, 3.8) is 0 Å². The van der Waals surface area contributed by atoms with Gasteiger partial charge in [0.05, 0.1) is 6.61 Å². The summed E-state index contributed by atoms with van der Waals surface area (Å²) < 4.78 is 5.80. The molecule has 0 bridgehead atoms. The van der Waals surface area contributed by atoms with Crippen molar-refractivity contribution < 1.29 is 4.74 Å². The summed E-state index contributed by atoms with van der Waals surface area (Å²) in [6.07, 6.45) is 4.51. The highest BCUT2D eigenvalue weighted by molar-refractivity contribution is 5.28. The molecule has 23 heavy (non-hydrogen) atoms. The minimum Gasteiger partial charge on any atom is -0.381 e. The Morgan fingerprint density at radius 2 is 1.43 bits per heavy atom. The molecule has 0 aromatic heterocycles. The van der Waals surface area contributed by atoms with Crippen molar-refractivity contribution in [1.82, 2.24) is 4.90 Å². The van der Waals surface area contributed by atoms with Crippen molar-refractivity contribution in [2.24, 2.45) is 0 Å². The summed E-state index contributed by atoms with van der Waals surface area (Å²) >= 11 is 0. The number of hydrogen-bond donors (Lipinski definition) is 0. The SMILES string of the molecule is c1ccc(CCOCCCN2CCc3ccccc3CC2)cc1. The number of benzene rings is 2. The Hall–Kier alpha value is -1.64. The first-order valence-electron chi connectivity index (χ1n) is 8.82. The maximum atomic E-state index is 5.80. The molecule has 0 aliphatic carbocycles. The number of fused-ring (bicyclic) bond motifs is 1. The van der Waals surface area contributed by atoms with Gasteiger partial charge in [0.2, 0.25) is 0 Å². The highest BCUT2D eigenvalue weighted by atomic mass is 16.5. The second kappa shape index (κ2) is 8.85. The molecule has 0 fully saturated rings. The molecule has 0 atom stereocenters. The van der Waals surface area contributed by atoms with E-state index >= 15 is 0 Å². The van der Waals surface area contributed by atoms with Crippen molar-refractivity contribution >= 4 is 0 Å². The Balaban J connectivity index is 1.30. The summed E-state index contributed by atoms with van der Waals surface area (Å²) in [7, 11) is 0. The molecule has 0 spiro atoms. The highest BCUT2D eigenvalue weighted by Crippen LogP contribution is 2.15. The third-order valence-electron chi connectivity index (χ3n) is 4.65. The van der Waals surface area contributed by atoms with Gasteiger partial charge in [0.1, 0.15) is 0 Å². The zero-order chi connectivity index (χ0) is 15.7. The molecule has 2 aromatic carbocycles. The van der Waals surface area contributed by atoms with E-state index in [2.05, 4.69) is 59.5 Å². The second-order valence-electron chi connectivity index (χ2n) is 6.31. The van der Waals surface area contributed by atoms with Crippen LogP contribution in [0.25, 0.3) is 0 Å². The lowest BCUT2D eigenvalue weighted by Gasteiger charge is -2.19. The monoisotopic (exact) mass is 309 g/mol. The lowest BCUT2D eigenvalue weighted by molar-refractivity contribution is 0.123. The molecule has 0 radical (unpaired) electrons. The molecule has 0 saturated heterocycles. The summed E-state index contributed by atoms with van der Waals surface area (Å²) in [6.45, 7) is 5.22. The predicted octanol–water partition coefficient (Wildman–Crippen LogP) is 3.74. The van der Waals surface area contributed by atoms with Crippen LogP contribution in [-0.4, -0.2) is 37.7 Å². The van der Waals surface area contributed by atoms with Gasteiger partial charge in [0.25, 0.3) is 0 Å². The maximum Gasteiger partial charge on any atom is 0.0506 e. The highest BCUT2D eigenvalue weighted by Gasteiger charge is 2.12. The molecular weight excluding hydrogens is 282 g/mol. The number of nitrogens with zero attached hydrogens (tertiary/aromatic N) is 1. The van der Waals surface area contributed by atoms with Gasteiger partial charge in [-0.15, -0.1) is 0 Å². The minimum absolute atomic E-state index is 0.829. The Labute approximate surface area is 140 Å². The lowest BCUT2D eigenvalue weighted by atomic mass is 10.0. The van der Waals surface area contributed by atoms with Crippen molar-refractivity contribution in [2.45, 2.75) is 25.7 Å². The van der Waals surface area contributed by atoms with E-state index in [1.54, 1.807) is 0 Å². The molecule has 2 aromatic rings. The number of ether oxygens (including phenoxy) is 1. The van der Waals surface area contributed by atoms with Crippen molar-refractivity contribution in [3.8, 4) is 0 Å². The van der Waals surface area contributed by atoms with Crippen molar-refractivity contribution in [1.29, 1.82) is 0 Å². The van der Waals surface area contributed by atoms with E-state index in [4.69, 9.17) is 4.74 Å². The van der Waals surface area contributed by atoms with Crippen LogP contribution in [0.15, 0.2) is 54.6 Å². The standard InChI is InChI=1S/C21H27NO/c1-2-7-19(8-3-1)13-18-23-17-6-14-22-15-11-20-9-4-5-10-21(20)12-16-22/h1-5,7-10H,6,11-18H2. The van der Waals surface area contributed by atoms with E-state index in [1.165, 1.54) is 42.6 Å². The average Bonchev–Trinajstić information content (AvgIpc) is 2.81. The fourth-order valence-electron chi connectivity index (χ4n) is 3.26. The molecule has 1 heterocycles. The third-order valence-corrected chi connectivity index (χ3v) is 4.65. The van der Waals surface area contributed by atoms with Crippen molar-refractivity contribution in [2.75, 3.05) is 32.8 Å². The Morgan fingerprint density at radius 1 is 0.783 bits per heavy atom. The van der Waals surface area contributed by atoms with Crippen LogP contribution in [0.1, 0.15) is 23.1 Å². The smallest absolute Gasteiger partial charge is 0.0506 e. The molecule has 0 amide bonds. The topological polar surface area (TPSA) is 12.5 Å². The first-order valence-corrected chi connectivity index (χ1v) is 8.82. The molecule has 0 unspecified atom stereocenters. The number of hydrogen-bond acceptors (Lipinski definition) is 2. The first-order chi connectivity index (χ1) is 11.4. The van der Waals surface area contributed by atoms with Gasteiger partial charge < -0.3 is 9.64 Å². The first kappa shape index (κ1) is 16.2. The zero-order valence-electron chi connectivity index (χ0n) is 13.9. The molecular formula is C21H27NO. The van der Waals surface area contributed by atoms with Crippen LogP contribution in [0.5, 0.6) is 0 Å². The summed E-state index contributed by atoms with van der Waals surface area (Å²) in [5.41, 5.74) is 4.43. The largest absolute Gasteiger partial charge is 0.381 e. The van der Waals surface area contributed by atoms with Crippen LogP contribution in [-0.2, 0) is 24.0 Å². The van der Waals surface area contributed by atoms with E-state index in [9.17, 15) is 0 Å². The van der Waals surface area contributed by atoms with Crippen LogP contribution in [0, 0.1) is 0 Å². The van der Waals surface area contributed by atoms with E-state index in [-0.39, 0.29) is 0 Å². The molecule has 2 nitrogen and oxygen atoms in total. The normalized spacial score (nSPS) is 15.1. The van der Waals surface area contributed by atoms with Crippen LogP contribution < -0.4 is 0 Å². The molecule has 3 rings (SSSR count). The zero-order valence-corrected chi connectivity index (χ0v) is 13.9. The Kier molecular flexibility index (Phi) is 6.25. The minimum atomic E-state index is 0.829. The Morgan fingerprint density at radius 3 is 2.13 bits per heavy atom. The molecule has 0 N–H and O–H groups in total. The van der Waals surface area contributed by atoms with Gasteiger partial charge in [0.15, 0.2) is 0 Å². The lowest BCUT2D eigenvalue weighted by Crippen LogP contribution is -2.28. The maximum absolute atomic E-state index is 5.80. The third kappa shape index (κ3) is 5.19. The summed E-state index contributed by atoms with van der Waals surface area (Å²) in [5, 5.41) is 0. The van der Waals surface area contributed by atoms with Crippen LogP contribution in [0.2, 0.25) is 0 Å². The van der Waals surface area contributed by atoms with Gasteiger partial charge in [-0.05, 0) is 42.4 Å². The summed E-state index contributed by atoms with van der Waals surface area (Å²) in [6, 6.07) is 19.5. The van der Waals surface area contributed by atoms with E-state index in [0.717, 1.165) is 32.6 Å². The molecule has 122 valence electrons. The average molecular weight is 309 g/mol. The predicted molar refractivity (Wildman–Crippen MR) is 95.9 cm³/mol. The van der Waals surface area contributed by atoms with Crippen molar-refractivity contribution in [3.05, 3.63) is 71.3 Å². The quantitative estimate of drug-likeness (QED) is 0.723. The van der Waals surface area contributed by atoms with Gasteiger partial charge >= 0.3 is 0 Å². The summed E-state index contributed by atoms with van der Waals surface area (Å²) in [4.78, 5) is 2.58. The van der Waals surface area contributed by atoms with E-state index < -0.39 is 0 Å². The van der Waals surface area contributed by atoms with Crippen LogP contribution >= 0.6 is 0 Å². The van der Waals surface area contributed by atoms with Gasteiger partial charge in [-0.2, -0.15) is 0 Å². The van der Waals surface area contributed by atoms with Crippen LogP contribution in [0.3, 0.4) is 0 Å². The van der Waals surface area contributed by atoms with Gasteiger partial charge in [-0.25, -0.2) is 0 Å². The van der Waals surface area contributed by atoms with Gasteiger partial charge in [-0.1, -0.05) is 54.6 Å². The molecule has 0 saturated carbocycles. The van der Waals surface area contributed by atoms with E-state index in [1.807, 2.05) is 0 Å². The molecule has 1 aliphatic rings. The number of rotatable bonds is 7. The molecule has 1 aliphatic heterocycles. The van der Waals surface area contributed by atoms with Gasteiger partial charge in [-0.3, -0.25) is 0 Å². The van der Waals surface area contributed by atoms with Gasteiger partial charge in [0, 0.05) is 26.2 Å². The summed E-state index contributed by atoms with van der Waals surface area (Å²) in [5.74, 6) is 0. The van der Waals surface area contributed by atoms with Crippen LogP contribution in [0.4, 0.5) is 0 Å².